The molecule has 1 heterocycles. The molecule has 1 fully saturated rings. The normalized spacial score (nSPS) is 18.5. The fourth-order valence-corrected chi connectivity index (χ4v) is 3.24. The molecule has 1 aliphatic carbocycles. The van der Waals surface area contributed by atoms with Gasteiger partial charge in [0.25, 0.3) is 5.91 Å². The van der Waals surface area contributed by atoms with Crippen LogP contribution in [-0.2, 0) is 9.53 Å². The highest BCUT2D eigenvalue weighted by atomic mass is 16.5. The van der Waals surface area contributed by atoms with E-state index in [1.54, 1.807) is 6.07 Å². The molecule has 1 aromatic heterocycles. The SMILES string of the molecule is CCCCN(C[C@H]1C[C@H]1C(=O)OCC)C(=O)c1ccc2ccccc2n1. The predicted molar refractivity (Wildman–Crippen MR) is 101 cm³/mol. The number of unbranched alkanes of at least 4 members (excludes halogenated alkanes) is 1. The third kappa shape index (κ3) is 4.21. The monoisotopic (exact) mass is 354 g/mol. The number of pyridine rings is 1. The molecule has 0 bridgehead atoms. The molecule has 1 aromatic carbocycles. The molecule has 26 heavy (non-hydrogen) atoms. The number of aromatic nitrogens is 1. The first-order valence-corrected chi connectivity index (χ1v) is 9.45. The van der Waals surface area contributed by atoms with Crippen molar-refractivity contribution < 1.29 is 14.3 Å². The Hall–Kier alpha value is -2.43. The maximum absolute atomic E-state index is 13.0. The summed E-state index contributed by atoms with van der Waals surface area (Å²) in [6.07, 6.45) is 2.76. The molecule has 0 spiro atoms. The van der Waals surface area contributed by atoms with Gasteiger partial charge in [-0.3, -0.25) is 9.59 Å². The summed E-state index contributed by atoms with van der Waals surface area (Å²) in [5.41, 5.74) is 1.29. The van der Waals surface area contributed by atoms with Crippen molar-refractivity contribution in [2.45, 2.75) is 33.1 Å². The van der Waals surface area contributed by atoms with E-state index in [2.05, 4.69) is 11.9 Å². The summed E-state index contributed by atoms with van der Waals surface area (Å²) in [6.45, 7) is 5.61. The molecule has 2 atom stereocenters. The van der Waals surface area contributed by atoms with Gasteiger partial charge in [-0.05, 0) is 37.8 Å². The lowest BCUT2D eigenvalue weighted by Gasteiger charge is -2.22. The standard InChI is InChI=1S/C21H26N2O3/c1-3-5-12-23(14-16-13-17(16)21(25)26-4-2)20(24)19-11-10-15-8-6-7-9-18(15)22-19/h6-11,16-17H,3-5,12-14H2,1-2H3/t16-,17-/m1/s1. The van der Waals surface area contributed by atoms with Gasteiger partial charge in [-0.15, -0.1) is 0 Å². The van der Waals surface area contributed by atoms with E-state index < -0.39 is 0 Å². The minimum atomic E-state index is -0.135. The molecule has 0 N–H and O–H groups in total. The molecule has 0 aliphatic heterocycles. The third-order valence-corrected chi connectivity index (χ3v) is 4.85. The summed E-state index contributed by atoms with van der Waals surface area (Å²) in [5.74, 6) is -0.0466. The van der Waals surface area contributed by atoms with Crippen LogP contribution in [0.4, 0.5) is 0 Å². The summed E-state index contributed by atoms with van der Waals surface area (Å²) in [5, 5.41) is 1.02. The number of hydrogen-bond acceptors (Lipinski definition) is 4. The quantitative estimate of drug-likeness (QED) is 0.679. The zero-order valence-electron chi connectivity index (χ0n) is 15.5. The van der Waals surface area contributed by atoms with Crippen molar-refractivity contribution in [1.82, 2.24) is 9.88 Å². The molecular weight excluding hydrogens is 328 g/mol. The van der Waals surface area contributed by atoms with Crippen LogP contribution in [0.2, 0.25) is 0 Å². The predicted octanol–water partition coefficient (Wildman–Crippen LogP) is 3.68. The summed E-state index contributed by atoms with van der Waals surface area (Å²) < 4.78 is 5.10. The average Bonchev–Trinajstić information content (AvgIpc) is 3.43. The van der Waals surface area contributed by atoms with Gasteiger partial charge >= 0.3 is 5.97 Å². The highest BCUT2D eigenvalue weighted by molar-refractivity contribution is 5.95. The molecular formula is C21H26N2O3. The fourth-order valence-electron chi connectivity index (χ4n) is 3.24. The molecule has 1 saturated carbocycles. The molecule has 1 aliphatic rings. The maximum Gasteiger partial charge on any atom is 0.309 e. The zero-order chi connectivity index (χ0) is 18.5. The van der Waals surface area contributed by atoms with E-state index in [-0.39, 0.29) is 23.7 Å². The lowest BCUT2D eigenvalue weighted by molar-refractivity contribution is -0.145. The first-order valence-electron chi connectivity index (χ1n) is 9.45. The fraction of sp³-hybridized carbons (Fsp3) is 0.476. The molecule has 5 heteroatoms. The number of carbonyl (C=O) groups is 2. The molecule has 0 unspecified atom stereocenters. The Morgan fingerprint density at radius 3 is 2.77 bits per heavy atom. The van der Waals surface area contributed by atoms with Crippen LogP contribution in [0.15, 0.2) is 36.4 Å². The van der Waals surface area contributed by atoms with E-state index in [0.717, 1.165) is 30.2 Å². The van der Waals surface area contributed by atoms with Crippen LogP contribution in [0.5, 0.6) is 0 Å². The summed E-state index contributed by atoms with van der Waals surface area (Å²) in [7, 11) is 0. The number of ether oxygens (including phenoxy) is 1. The molecule has 5 nitrogen and oxygen atoms in total. The van der Waals surface area contributed by atoms with Gasteiger partial charge in [0.15, 0.2) is 0 Å². The van der Waals surface area contributed by atoms with Crippen molar-refractivity contribution in [3.05, 3.63) is 42.1 Å². The van der Waals surface area contributed by atoms with Crippen LogP contribution in [0, 0.1) is 11.8 Å². The minimum Gasteiger partial charge on any atom is -0.466 e. The van der Waals surface area contributed by atoms with E-state index in [4.69, 9.17) is 4.74 Å². The minimum absolute atomic E-state index is 0.0567. The van der Waals surface area contributed by atoms with Crippen LogP contribution >= 0.6 is 0 Å². The van der Waals surface area contributed by atoms with Crippen LogP contribution in [-0.4, -0.2) is 41.5 Å². The Balaban J connectivity index is 1.71. The molecule has 2 aromatic rings. The van der Waals surface area contributed by atoms with Crippen LogP contribution in [0.3, 0.4) is 0 Å². The zero-order valence-corrected chi connectivity index (χ0v) is 15.5. The van der Waals surface area contributed by atoms with E-state index in [1.807, 2.05) is 42.2 Å². The largest absolute Gasteiger partial charge is 0.466 e. The molecule has 3 rings (SSSR count). The van der Waals surface area contributed by atoms with Crippen molar-refractivity contribution in [2.24, 2.45) is 11.8 Å². The Labute approximate surface area is 154 Å². The number of benzene rings is 1. The second kappa shape index (κ2) is 8.30. The molecule has 0 saturated heterocycles. The highest BCUT2D eigenvalue weighted by Gasteiger charge is 2.45. The number of amides is 1. The van der Waals surface area contributed by atoms with Gasteiger partial charge in [-0.2, -0.15) is 0 Å². The first kappa shape index (κ1) is 18.4. The maximum atomic E-state index is 13.0. The van der Waals surface area contributed by atoms with Crippen molar-refractivity contribution >= 4 is 22.8 Å². The number of fused-ring (bicyclic) bond motifs is 1. The summed E-state index contributed by atoms with van der Waals surface area (Å²) >= 11 is 0. The number of hydrogen-bond donors (Lipinski definition) is 0. The number of para-hydroxylation sites is 1. The topological polar surface area (TPSA) is 59.5 Å². The molecule has 0 radical (unpaired) electrons. The van der Waals surface area contributed by atoms with Crippen LogP contribution in [0.25, 0.3) is 10.9 Å². The van der Waals surface area contributed by atoms with Crippen molar-refractivity contribution in [2.75, 3.05) is 19.7 Å². The van der Waals surface area contributed by atoms with E-state index in [1.165, 1.54) is 0 Å². The van der Waals surface area contributed by atoms with Crippen molar-refractivity contribution in [3.63, 3.8) is 0 Å². The second-order valence-electron chi connectivity index (χ2n) is 6.85. The van der Waals surface area contributed by atoms with Gasteiger partial charge in [0.2, 0.25) is 0 Å². The smallest absolute Gasteiger partial charge is 0.309 e. The number of nitrogens with zero attached hydrogens (tertiary/aromatic N) is 2. The molecule has 138 valence electrons. The van der Waals surface area contributed by atoms with Gasteiger partial charge < -0.3 is 9.64 Å². The van der Waals surface area contributed by atoms with Gasteiger partial charge in [0.1, 0.15) is 5.69 Å². The van der Waals surface area contributed by atoms with Crippen LogP contribution < -0.4 is 0 Å². The van der Waals surface area contributed by atoms with E-state index >= 15 is 0 Å². The number of carbonyl (C=O) groups excluding carboxylic acids is 2. The molecule has 1 amide bonds. The summed E-state index contributed by atoms with van der Waals surface area (Å²) in [4.78, 5) is 31.3. The van der Waals surface area contributed by atoms with Gasteiger partial charge in [0, 0.05) is 18.5 Å². The van der Waals surface area contributed by atoms with Crippen molar-refractivity contribution in [1.29, 1.82) is 0 Å². The van der Waals surface area contributed by atoms with Gasteiger partial charge in [0.05, 0.1) is 18.0 Å². The first-order chi connectivity index (χ1) is 12.6. The third-order valence-electron chi connectivity index (χ3n) is 4.85. The van der Waals surface area contributed by atoms with Crippen molar-refractivity contribution in [3.8, 4) is 0 Å². The Morgan fingerprint density at radius 1 is 1.19 bits per heavy atom. The lowest BCUT2D eigenvalue weighted by Crippen LogP contribution is -2.35. The number of esters is 1. The van der Waals surface area contributed by atoms with E-state index in [9.17, 15) is 9.59 Å². The van der Waals surface area contributed by atoms with Crippen LogP contribution in [0.1, 0.15) is 43.6 Å². The van der Waals surface area contributed by atoms with Gasteiger partial charge in [-0.25, -0.2) is 4.98 Å². The lowest BCUT2D eigenvalue weighted by atomic mass is 10.2. The van der Waals surface area contributed by atoms with E-state index in [0.29, 0.717) is 25.4 Å². The second-order valence-corrected chi connectivity index (χ2v) is 6.85. The summed E-state index contributed by atoms with van der Waals surface area (Å²) in [6, 6.07) is 11.5. The number of rotatable bonds is 8. The average molecular weight is 354 g/mol. The highest BCUT2D eigenvalue weighted by Crippen LogP contribution is 2.40. The Bertz CT molecular complexity index is 790. The van der Waals surface area contributed by atoms with Gasteiger partial charge in [-0.1, -0.05) is 37.6 Å². The Kier molecular flexibility index (Phi) is 5.86. The Morgan fingerprint density at radius 2 is 2.00 bits per heavy atom.